The van der Waals surface area contributed by atoms with Crippen LogP contribution >= 0.6 is 22.9 Å². The maximum Gasteiger partial charge on any atom is 0.345 e. The van der Waals surface area contributed by atoms with Crippen molar-refractivity contribution in [1.82, 2.24) is 4.98 Å². The minimum atomic E-state index is -0.461. The van der Waals surface area contributed by atoms with E-state index in [0.29, 0.717) is 32.4 Å². The van der Waals surface area contributed by atoms with Gasteiger partial charge in [-0.25, -0.2) is 9.78 Å². The number of rotatable bonds is 4. The van der Waals surface area contributed by atoms with Gasteiger partial charge in [0.05, 0.1) is 11.3 Å². The summed E-state index contributed by atoms with van der Waals surface area (Å²) in [7, 11) is 0. The van der Waals surface area contributed by atoms with Crippen LogP contribution in [0.25, 0.3) is 27.8 Å². The molecule has 0 saturated carbocycles. The predicted molar refractivity (Wildman–Crippen MR) is 112 cm³/mol. The highest BCUT2D eigenvalue weighted by molar-refractivity contribution is 7.11. The van der Waals surface area contributed by atoms with Crippen molar-refractivity contribution in [2.45, 2.75) is 0 Å². The van der Waals surface area contributed by atoms with E-state index < -0.39 is 5.63 Å². The molecule has 0 fully saturated rings. The summed E-state index contributed by atoms with van der Waals surface area (Å²) in [5.41, 5.74) is 2.06. The fourth-order valence-corrected chi connectivity index (χ4v) is 3.52. The quantitative estimate of drug-likeness (QED) is 0.356. The van der Waals surface area contributed by atoms with Gasteiger partial charge in [-0.05, 0) is 36.4 Å². The van der Waals surface area contributed by atoms with Crippen LogP contribution in [-0.2, 0) is 0 Å². The highest BCUT2D eigenvalue weighted by Crippen LogP contribution is 2.26. The molecule has 0 radical (unpaired) electrons. The molecule has 0 atom stereocenters. The number of aromatic nitrogens is 1. The van der Waals surface area contributed by atoms with Gasteiger partial charge in [-0.2, -0.15) is 5.26 Å². The van der Waals surface area contributed by atoms with Crippen molar-refractivity contribution in [2.75, 3.05) is 5.32 Å². The van der Waals surface area contributed by atoms with Gasteiger partial charge >= 0.3 is 5.63 Å². The number of para-hydroxylation sites is 1. The summed E-state index contributed by atoms with van der Waals surface area (Å²) in [6.07, 6.45) is 1.58. The zero-order chi connectivity index (χ0) is 19.5. The Hall–Kier alpha value is -3.40. The summed E-state index contributed by atoms with van der Waals surface area (Å²) < 4.78 is 5.36. The number of nitrogens with one attached hydrogen (secondary N) is 1. The lowest BCUT2D eigenvalue weighted by molar-refractivity contribution is 0.563. The van der Waals surface area contributed by atoms with E-state index in [0.717, 1.165) is 11.1 Å². The fraction of sp³-hybridized carbons (Fsp3) is 0. The molecule has 1 N–H and O–H groups in total. The SMILES string of the molecule is N#C/C(=C\Nc1ccc(Cl)cc1)c1nc(-c2cc3ccccc3oc2=O)cs1. The second-order valence-corrected chi connectivity index (χ2v) is 7.14. The minimum Gasteiger partial charge on any atom is -0.422 e. The molecule has 0 bridgehead atoms. The van der Waals surface area contributed by atoms with Crippen molar-refractivity contribution in [3.8, 4) is 17.3 Å². The van der Waals surface area contributed by atoms with E-state index in [1.807, 2.05) is 18.2 Å². The molecule has 0 aliphatic heterocycles. The molecule has 2 aromatic carbocycles. The molecule has 0 amide bonds. The standard InChI is InChI=1S/C21H12ClN3O2S/c22-15-5-7-16(8-6-15)24-11-14(10-23)20-25-18(12-28-20)17-9-13-3-1-2-4-19(13)27-21(17)26/h1-9,11-12,24H/b14-11+. The Morgan fingerprint density at radius 1 is 1.21 bits per heavy atom. The van der Waals surface area contributed by atoms with Gasteiger partial charge in [0.15, 0.2) is 0 Å². The Morgan fingerprint density at radius 2 is 2.00 bits per heavy atom. The van der Waals surface area contributed by atoms with Gasteiger partial charge in [0.25, 0.3) is 0 Å². The van der Waals surface area contributed by atoms with Gasteiger partial charge in [0, 0.05) is 27.7 Å². The predicted octanol–water partition coefficient (Wildman–Crippen LogP) is 5.55. The van der Waals surface area contributed by atoms with Crippen LogP contribution in [0.3, 0.4) is 0 Å². The lowest BCUT2D eigenvalue weighted by atomic mass is 10.1. The molecule has 0 saturated heterocycles. The smallest absolute Gasteiger partial charge is 0.345 e. The van der Waals surface area contributed by atoms with E-state index in [1.54, 1.807) is 48.0 Å². The zero-order valence-corrected chi connectivity index (χ0v) is 15.9. The van der Waals surface area contributed by atoms with Crippen molar-refractivity contribution >= 4 is 45.2 Å². The molecule has 28 heavy (non-hydrogen) atoms. The molecule has 136 valence electrons. The first-order valence-electron chi connectivity index (χ1n) is 8.25. The van der Waals surface area contributed by atoms with Crippen LogP contribution < -0.4 is 10.9 Å². The molecule has 5 nitrogen and oxygen atoms in total. The van der Waals surface area contributed by atoms with Gasteiger partial charge in [0.2, 0.25) is 0 Å². The van der Waals surface area contributed by atoms with E-state index in [2.05, 4.69) is 16.4 Å². The number of hydrogen-bond acceptors (Lipinski definition) is 6. The molecule has 4 rings (SSSR count). The molecule has 0 aliphatic rings. The van der Waals surface area contributed by atoms with Crippen molar-refractivity contribution in [1.29, 1.82) is 5.26 Å². The molecule has 4 aromatic rings. The summed E-state index contributed by atoms with van der Waals surface area (Å²) in [5.74, 6) is 0. The normalized spacial score (nSPS) is 11.4. The van der Waals surface area contributed by atoms with E-state index in [4.69, 9.17) is 16.0 Å². The first kappa shape index (κ1) is 18.0. The average molecular weight is 406 g/mol. The first-order chi connectivity index (χ1) is 13.6. The highest BCUT2D eigenvalue weighted by Gasteiger charge is 2.13. The van der Waals surface area contributed by atoms with Crippen molar-refractivity contribution < 1.29 is 4.42 Å². The number of anilines is 1. The number of halogens is 1. The second kappa shape index (κ2) is 7.69. The van der Waals surface area contributed by atoms with Crippen LogP contribution in [0.1, 0.15) is 5.01 Å². The van der Waals surface area contributed by atoms with E-state index in [9.17, 15) is 10.1 Å². The molecule has 0 unspecified atom stereocenters. The van der Waals surface area contributed by atoms with Crippen LogP contribution in [0.2, 0.25) is 5.02 Å². The van der Waals surface area contributed by atoms with E-state index >= 15 is 0 Å². The summed E-state index contributed by atoms with van der Waals surface area (Å²) in [5, 5.41) is 16.2. The van der Waals surface area contributed by atoms with Crippen molar-refractivity contribution in [3.05, 3.63) is 86.6 Å². The molecule has 2 aromatic heterocycles. The number of nitrogens with zero attached hydrogens (tertiary/aromatic N) is 2. The molecule has 2 heterocycles. The molecular formula is C21H12ClN3O2S. The van der Waals surface area contributed by atoms with Crippen LogP contribution in [0.4, 0.5) is 5.69 Å². The Kier molecular flexibility index (Phi) is 4.94. The second-order valence-electron chi connectivity index (χ2n) is 5.84. The Bertz CT molecular complexity index is 1280. The topological polar surface area (TPSA) is 78.9 Å². The summed E-state index contributed by atoms with van der Waals surface area (Å²) in [6, 6.07) is 18.3. The summed E-state index contributed by atoms with van der Waals surface area (Å²) in [4.78, 5) is 16.8. The molecule has 0 aliphatic carbocycles. The van der Waals surface area contributed by atoms with Gasteiger partial charge in [-0.15, -0.1) is 11.3 Å². The van der Waals surface area contributed by atoms with Crippen molar-refractivity contribution in [2.24, 2.45) is 0 Å². The third-order valence-corrected chi connectivity index (χ3v) is 5.13. The number of nitriles is 1. The minimum absolute atomic E-state index is 0.358. The number of thiazole rings is 1. The maximum atomic E-state index is 12.3. The van der Waals surface area contributed by atoms with Gasteiger partial charge in [-0.1, -0.05) is 29.8 Å². The Labute approximate surface area is 169 Å². The van der Waals surface area contributed by atoms with Gasteiger partial charge in [0.1, 0.15) is 22.2 Å². The fourth-order valence-electron chi connectivity index (χ4n) is 2.61. The summed E-state index contributed by atoms with van der Waals surface area (Å²) in [6.45, 7) is 0. The summed E-state index contributed by atoms with van der Waals surface area (Å²) >= 11 is 7.16. The lowest BCUT2D eigenvalue weighted by Crippen LogP contribution is -2.02. The van der Waals surface area contributed by atoms with E-state index in [-0.39, 0.29) is 0 Å². The zero-order valence-electron chi connectivity index (χ0n) is 14.3. The number of fused-ring (bicyclic) bond motifs is 1. The third-order valence-electron chi connectivity index (χ3n) is 4.00. The van der Waals surface area contributed by atoms with Crippen molar-refractivity contribution in [3.63, 3.8) is 0 Å². The lowest BCUT2D eigenvalue weighted by Gasteiger charge is -2.01. The first-order valence-corrected chi connectivity index (χ1v) is 9.51. The monoisotopic (exact) mass is 405 g/mol. The Morgan fingerprint density at radius 3 is 2.79 bits per heavy atom. The van der Waals surface area contributed by atoms with Gasteiger partial charge < -0.3 is 9.73 Å². The largest absolute Gasteiger partial charge is 0.422 e. The van der Waals surface area contributed by atoms with E-state index in [1.165, 1.54) is 11.3 Å². The molecule has 0 spiro atoms. The molecule has 7 heteroatoms. The van der Waals surface area contributed by atoms with Crippen LogP contribution in [0.5, 0.6) is 0 Å². The average Bonchev–Trinajstić information content (AvgIpc) is 3.19. The van der Waals surface area contributed by atoms with Crippen LogP contribution in [0, 0.1) is 11.3 Å². The van der Waals surface area contributed by atoms with Crippen LogP contribution in [-0.4, -0.2) is 4.98 Å². The number of hydrogen-bond donors (Lipinski definition) is 1. The van der Waals surface area contributed by atoms with Gasteiger partial charge in [-0.3, -0.25) is 0 Å². The maximum absolute atomic E-state index is 12.3. The number of allylic oxidation sites excluding steroid dienone is 1. The Balaban J connectivity index is 1.65. The highest BCUT2D eigenvalue weighted by atomic mass is 35.5. The van der Waals surface area contributed by atoms with Crippen LogP contribution in [0.15, 0.2) is 75.4 Å². The number of benzene rings is 2. The third kappa shape index (κ3) is 3.67. The molecular weight excluding hydrogens is 394 g/mol.